The molecular formula is C13H24N2O2. The number of ether oxygens (including phenoxy) is 1. The third-order valence-electron chi connectivity index (χ3n) is 4.00. The zero-order valence-corrected chi connectivity index (χ0v) is 11.0. The average Bonchev–Trinajstić information content (AvgIpc) is 2.30. The average molecular weight is 240 g/mol. The number of ketones is 1. The van der Waals surface area contributed by atoms with Crippen molar-refractivity contribution in [3.05, 3.63) is 0 Å². The maximum absolute atomic E-state index is 11.6. The van der Waals surface area contributed by atoms with Gasteiger partial charge in [0, 0.05) is 32.3 Å². The quantitative estimate of drug-likeness (QED) is 0.726. The molecule has 2 aliphatic heterocycles. The second kappa shape index (κ2) is 5.94. The van der Waals surface area contributed by atoms with Crippen LogP contribution in [-0.4, -0.2) is 67.6 Å². The first kappa shape index (κ1) is 13.0. The van der Waals surface area contributed by atoms with Crippen molar-refractivity contribution in [2.45, 2.75) is 38.3 Å². The van der Waals surface area contributed by atoms with Crippen LogP contribution in [0.2, 0.25) is 0 Å². The molecular weight excluding hydrogens is 216 g/mol. The highest BCUT2D eigenvalue weighted by atomic mass is 16.5. The Morgan fingerprint density at radius 2 is 2.18 bits per heavy atom. The lowest BCUT2D eigenvalue weighted by atomic mass is 9.97. The molecule has 2 unspecified atom stereocenters. The summed E-state index contributed by atoms with van der Waals surface area (Å²) in [7, 11) is 1.58. The number of methoxy groups -OCH3 is 1. The van der Waals surface area contributed by atoms with Crippen LogP contribution in [0, 0.1) is 0 Å². The summed E-state index contributed by atoms with van der Waals surface area (Å²) in [5.41, 5.74) is 0. The molecule has 0 bridgehead atoms. The minimum absolute atomic E-state index is 0.198. The number of piperidine rings is 1. The molecule has 0 N–H and O–H groups in total. The summed E-state index contributed by atoms with van der Waals surface area (Å²) in [5, 5.41) is 0. The van der Waals surface area contributed by atoms with Gasteiger partial charge >= 0.3 is 0 Å². The van der Waals surface area contributed by atoms with Gasteiger partial charge < -0.3 is 4.74 Å². The summed E-state index contributed by atoms with van der Waals surface area (Å²) in [6.07, 6.45) is 3.98. The van der Waals surface area contributed by atoms with Gasteiger partial charge in [-0.1, -0.05) is 6.42 Å². The predicted molar refractivity (Wildman–Crippen MR) is 67.1 cm³/mol. The van der Waals surface area contributed by atoms with Gasteiger partial charge in [0.25, 0.3) is 0 Å². The minimum atomic E-state index is 0.198. The lowest BCUT2D eigenvalue weighted by Crippen LogP contribution is -2.59. The van der Waals surface area contributed by atoms with E-state index in [1.54, 1.807) is 7.11 Å². The fourth-order valence-electron chi connectivity index (χ4n) is 3.07. The van der Waals surface area contributed by atoms with Gasteiger partial charge in [-0.15, -0.1) is 0 Å². The zero-order valence-electron chi connectivity index (χ0n) is 11.0. The molecule has 2 atom stereocenters. The van der Waals surface area contributed by atoms with E-state index in [0.717, 1.165) is 13.1 Å². The van der Waals surface area contributed by atoms with E-state index >= 15 is 0 Å². The normalized spacial score (nSPS) is 31.2. The molecule has 0 saturated carbocycles. The lowest BCUT2D eigenvalue weighted by molar-refractivity contribution is -0.125. The van der Waals surface area contributed by atoms with Gasteiger partial charge in [-0.3, -0.25) is 14.6 Å². The number of nitrogens with zero attached hydrogens (tertiary/aromatic N) is 2. The molecule has 4 heteroatoms. The third-order valence-corrected chi connectivity index (χ3v) is 4.00. The summed E-state index contributed by atoms with van der Waals surface area (Å²) >= 11 is 0. The number of carbonyl (C=O) groups is 1. The van der Waals surface area contributed by atoms with Crippen LogP contribution in [0.25, 0.3) is 0 Å². The number of hydrogen-bond acceptors (Lipinski definition) is 4. The van der Waals surface area contributed by atoms with E-state index in [0.29, 0.717) is 18.6 Å². The van der Waals surface area contributed by atoms with E-state index < -0.39 is 0 Å². The standard InChI is InChI=1S/C13H24N2O2/c1-11-7-14-6-4-3-5-12(14)8-15(11)9-13(16)10-17-2/h11-12H,3-10H2,1-2H3. The molecule has 2 aliphatic rings. The fraction of sp³-hybridized carbons (Fsp3) is 0.923. The molecule has 2 fully saturated rings. The van der Waals surface area contributed by atoms with Crippen molar-refractivity contribution in [1.82, 2.24) is 9.80 Å². The SMILES string of the molecule is COCC(=O)CN1CC2CCCCN2CC1C. The van der Waals surface area contributed by atoms with Gasteiger partial charge in [0.1, 0.15) is 6.61 Å². The second-order valence-electron chi connectivity index (χ2n) is 5.39. The highest BCUT2D eigenvalue weighted by molar-refractivity contribution is 5.81. The maximum atomic E-state index is 11.6. The van der Waals surface area contributed by atoms with Crippen LogP contribution in [0.1, 0.15) is 26.2 Å². The Kier molecular flexibility index (Phi) is 4.54. The first-order valence-corrected chi connectivity index (χ1v) is 6.69. The van der Waals surface area contributed by atoms with Crippen LogP contribution in [0.5, 0.6) is 0 Å². The molecule has 0 aromatic rings. The van der Waals surface area contributed by atoms with Crippen LogP contribution in [0.3, 0.4) is 0 Å². The smallest absolute Gasteiger partial charge is 0.172 e. The van der Waals surface area contributed by atoms with Crippen molar-refractivity contribution in [2.24, 2.45) is 0 Å². The lowest BCUT2D eigenvalue weighted by Gasteiger charge is -2.47. The van der Waals surface area contributed by atoms with Gasteiger partial charge in [-0.05, 0) is 26.3 Å². The predicted octanol–water partition coefficient (Wildman–Crippen LogP) is 0.760. The first-order chi connectivity index (χ1) is 8.20. The minimum Gasteiger partial charge on any atom is -0.377 e. The van der Waals surface area contributed by atoms with E-state index in [2.05, 4.69) is 16.7 Å². The fourth-order valence-corrected chi connectivity index (χ4v) is 3.07. The molecule has 0 aromatic heterocycles. The molecule has 0 radical (unpaired) electrons. The Hall–Kier alpha value is -0.450. The third kappa shape index (κ3) is 3.27. The molecule has 17 heavy (non-hydrogen) atoms. The van der Waals surface area contributed by atoms with Gasteiger partial charge in [0.2, 0.25) is 0 Å². The van der Waals surface area contributed by atoms with E-state index in [-0.39, 0.29) is 12.4 Å². The number of fused-ring (bicyclic) bond motifs is 1. The summed E-state index contributed by atoms with van der Waals surface area (Å²) in [5.74, 6) is 0.198. The van der Waals surface area contributed by atoms with Crippen molar-refractivity contribution in [3.8, 4) is 0 Å². The van der Waals surface area contributed by atoms with Crippen LogP contribution in [0.4, 0.5) is 0 Å². The Morgan fingerprint density at radius 1 is 1.35 bits per heavy atom. The monoisotopic (exact) mass is 240 g/mol. The van der Waals surface area contributed by atoms with E-state index in [1.807, 2.05) is 0 Å². The first-order valence-electron chi connectivity index (χ1n) is 6.69. The molecule has 0 amide bonds. The summed E-state index contributed by atoms with van der Waals surface area (Å²) < 4.78 is 4.90. The molecule has 0 spiro atoms. The number of rotatable bonds is 4. The van der Waals surface area contributed by atoms with Crippen molar-refractivity contribution in [3.63, 3.8) is 0 Å². The van der Waals surface area contributed by atoms with Gasteiger partial charge in [-0.2, -0.15) is 0 Å². The maximum Gasteiger partial charge on any atom is 0.172 e. The number of hydrogen-bond donors (Lipinski definition) is 0. The molecule has 2 saturated heterocycles. The largest absolute Gasteiger partial charge is 0.377 e. The van der Waals surface area contributed by atoms with Gasteiger partial charge in [-0.25, -0.2) is 0 Å². The molecule has 0 aromatic carbocycles. The van der Waals surface area contributed by atoms with Crippen molar-refractivity contribution >= 4 is 5.78 Å². The van der Waals surface area contributed by atoms with Gasteiger partial charge in [0.15, 0.2) is 5.78 Å². The Labute approximate surface area is 104 Å². The Morgan fingerprint density at radius 3 is 2.94 bits per heavy atom. The number of piperazine rings is 1. The van der Waals surface area contributed by atoms with Crippen LogP contribution >= 0.6 is 0 Å². The number of carbonyl (C=O) groups excluding carboxylic acids is 1. The van der Waals surface area contributed by atoms with Crippen LogP contribution < -0.4 is 0 Å². The molecule has 2 heterocycles. The zero-order chi connectivity index (χ0) is 12.3. The van der Waals surface area contributed by atoms with Crippen molar-refractivity contribution < 1.29 is 9.53 Å². The van der Waals surface area contributed by atoms with Crippen molar-refractivity contribution in [2.75, 3.05) is 39.9 Å². The summed E-state index contributed by atoms with van der Waals surface area (Å²) in [6, 6.07) is 1.17. The molecule has 0 aliphatic carbocycles. The van der Waals surface area contributed by atoms with E-state index in [9.17, 15) is 4.79 Å². The highest BCUT2D eigenvalue weighted by Gasteiger charge is 2.33. The molecule has 98 valence electrons. The molecule has 2 rings (SSSR count). The Balaban J connectivity index is 1.88. The second-order valence-corrected chi connectivity index (χ2v) is 5.39. The topological polar surface area (TPSA) is 32.8 Å². The van der Waals surface area contributed by atoms with E-state index in [1.165, 1.54) is 25.8 Å². The van der Waals surface area contributed by atoms with Crippen LogP contribution in [-0.2, 0) is 9.53 Å². The summed E-state index contributed by atoms with van der Waals surface area (Å²) in [4.78, 5) is 16.6. The van der Waals surface area contributed by atoms with E-state index in [4.69, 9.17) is 4.74 Å². The van der Waals surface area contributed by atoms with Gasteiger partial charge in [0.05, 0.1) is 6.54 Å². The number of Topliss-reactive ketones (excluding diaryl/α,β-unsaturated/α-hetero) is 1. The van der Waals surface area contributed by atoms with Crippen molar-refractivity contribution in [1.29, 1.82) is 0 Å². The van der Waals surface area contributed by atoms with Crippen LogP contribution in [0.15, 0.2) is 0 Å². The highest BCUT2D eigenvalue weighted by Crippen LogP contribution is 2.23. The Bertz CT molecular complexity index is 270. The molecule has 4 nitrogen and oxygen atoms in total. The summed E-state index contributed by atoms with van der Waals surface area (Å²) in [6.45, 7) is 6.44.